The zero-order valence-electron chi connectivity index (χ0n) is 21.9. The van der Waals surface area contributed by atoms with E-state index >= 15 is 0 Å². The molecule has 13 heteroatoms. The Hall–Kier alpha value is -2.91. The Morgan fingerprint density at radius 3 is 2.10 bits per heavy atom. The second kappa shape index (κ2) is 12.5. The molecule has 2 aromatic carbocycles. The fourth-order valence-corrected chi connectivity index (χ4v) is 5.40. The van der Waals surface area contributed by atoms with E-state index < -0.39 is 66.9 Å². The van der Waals surface area contributed by atoms with Crippen LogP contribution in [0.15, 0.2) is 36.4 Å². The van der Waals surface area contributed by atoms with Crippen LogP contribution < -0.4 is 14.8 Å². The number of aryl methyl sites for hydroxylation is 2. The first kappa shape index (κ1) is 29.6. The van der Waals surface area contributed by atoms with Crippen molar-refractivity contribution in [1.82, 2.24) is 5.32 Å². The number of aliphatic hydroxyl groups is 4. The number of ether oxygens (including phenoxy) is 4. The van der Waals surface area contributed by atoms with Gasteiger partial charge in [0.2, 0.25) is 0 Å². The van der Waals surface area contributed by atoms with Crippen molar-refractivity contribution >= 4 is 5.97 Å². The van der Waals surface area contributed by atoms with Gasteiger partial charge in [-0.25, -0.2) is 13.6 Å². The van der Waals surface area contributed by atoms with Crippen molar-refractivity contribution in [3.8, 4) is 11.5 Å². The number of nitrogens with one attached hydrogen (secondary N) is 1. The number of aliphatic carboxylic acids is 1. The zero-order chi connectivity index (χ0) is 29.3. The van der Waals surface area contributed by atoms with Gasteiger partial charge in [0.25, 0.3) is 0 Å². The molecule has 4 unspecified atom stereocenters. The van der Waals surface area contributed by atoms with Crippen molar-refractivity contribution in [1.29, 1.82) is 0 Å². The van der Waals surface area contributed by atoms with Crippen LogP contribution in [0.25, 0.3) is 0 Å². The molecule has 3 heterocycles. The van der Waals surface area contributed by atoms with E-state index in [0.29, 0.717) is 42.7 Å². The highest BCUT2D eigenvalue weighted by molar-refractivity contribution is 5.73. The maximum absolute atomic E-state index is 13.7. The van der Waals surface area contributed by atoms with Crippen LogP contribution in [0.4, 0.5) is 8.78 Å². The van der Waals surface area contributed by atoms with E-state index in [1.165, 1.54) is 36.4 Å². The molecule has 1 fully saturated rings. The van der Waals surface area contributed by atoms with E-state index in [1.807, 2.05) is 0 Å². The molecular formula is C28H33F2NO10. The van der Waals surface area contributed by atoms with Gasteiger partial charge in [0.15, 0.2) is 12.4 Å². The summed E-state index contributed by atoms with van der Waals surface area (Å²) < 4.78 is 50.4. The van der Waals surface area contributed by atoms with Crippen molar-refractivity contribution in [3.63, 3.8) is 0 Å². The van der Waals surface area contributed by atoms with Crippen molar-refractivity contribution in [3.05, 3.63) is 59.2 Å². The Morgan fingerprint density at radius 1 is 0.902 bits per heavy atom. The summed E-state index contributed by atoms with van der Waals surface area (Å²) >= 11 is 0. The average Bonchev–Trinajstić information content (AvgIpc) is 2.95. The lowest BCUT2D eigenvalue weighted by Crippen LogP contribution is -2.62. The minimum absolute atomic E-state index is 0.0374. The fourth-order valence-electron chi connectivity index (χ4n) is 5.40. The maximum Gasteiger partial charge on any atom is 0.335 e. The Labute approximate surface area is 234 Å². The summed E-state index contributed by atoms with van der Waals surface area (Å²) in [5.41, 5.74) is 1.39. The van der Waals surface area contributed by atoms with E-state index in [0.717, 1.165) is 5.56 Å². The highest BCUT2D eigenvalue weighted by Crippen LogP contribution is 2.32. The first-order valence-corrected chi connectivity index (χ1v) is 13.5. The third kappa shape index (κ3) is 6.61. The summed E-state index contributed by atoms with van der Waals surface area (Å²) in [7, 11) is 0. The molecule has 1 saturated heterocycles. The molecule has 2 aromatic rings. The normalized spacial score (nSPS) is 30.7. The number of fused-ring (bicyclic) bond motifs is 2. The number of benzene rings is 2. The SMILES string of the molecule is O=C(O)[C@H]1O[C@@H](OC(CNCC(O)C2CCc3cc(F)ccc3O2)C2CCc3cc(F)ccc3O2)[C@H](O)[C@@H](O)[C@@H]1O. The molecule has 0 amide bonds. The second-order valence-electron chi connectivity index (χ2n) is 10.5. The number of carbonyl (C=O) groups is 1. The van der Waals surface area contributed by atoms with Gasteiger partial charge >= 0.3 is 5.97 Å². The van der Waals surface area contributed by atoms with Gasteiger partial charge in [0.1, 0.15) is 65.9 Å². The molecule has 0 aromatic heterocycles. The van der Waals surface area contributed by atoms with Crippen LogP contribution in [0.3, 0.4) is 0 Å². The number of carboxylic acids is 1. The minimum atomic E-state index is -1.88. The molecule has 0 radical (unpaired) electrons. The number of carboxylic acid groups (broad SMARTS) is 1. The van der Waals surface area contributed by atoms with Crippen molar-refractivity contribution in [2.75, 3.05) is 13.1 Å². The fraction of sp³-hybridized carbons (Fsp3) is 0.536. The smallest absolute Gasteiger partial charge is 0.335 e. The second-order valence-corrected chi connectivity index (χ2v) is 10.5. The summed E-state index contributed by atoms with van der Waals surface area (Å²) in [5.74, 6) is -1.37. The van der Waals surface area contributed by atoms with Crippen molar-refractivity contribution in [2.45, 2.75) is 80.8 Å². The Morgan fingerprint density at radius 2 is 1.49 bits per heavy atom. The van der Waals surface area contributed by atoms with Crippen LogP contribution in [0.5, 0.6) is 11.5 Å². The lowest BCUT2D eigenvalue weighted by molar-refractivity contribution is -0.309. The number of halogens is 2. The van der Waals surface area contributed by atoms with Gasteiger partial charge in [-0.2, -0.15) is 0 Å². The third-order valence-electron chi connectivity index (χ3n) is 7.66. The Balaban J connectivity index is 1.26. The van der Waals surface area contributed by atoms with E-state index in [1.54, 1.807) is 0 Å². The number of aliphatic hydroxyl groups excluding tert-OH is 4. The predicted molar refractivity (Wildman–Crippen MR) is 136 cm³/mol. The molecule has 41 heavy (non-hydrogen) atoms. The van der Waals surface area contributed by atoms with Gasteiger partial charge < -0.3 is 49.8 Å². The van der Waals surface area contributed by atoms with Crippen molar-refractivity contribution < 1.29 is 58.1 Å². The first-order valence-electron chi connectivity index (χ1n) is 13.5. The lowest BCUT2D eigenvalue weighted by atomic mass is 9.97. The number of hydrogen-bond donors (Lipinski definition) is 6. The number of rotatable bonds is 9. The summed E-state index contributed by atoms with van der Waals surface area (Å²) in [5, 5.41) is 54.0. The molecule has 3 aliphatic rings. The molecule has 0 bridgehead atoms. The monoisotopic (exact) mass is 581 g/mol. The molecule has 0 aliphatic carbocycles. The molecule has 9 atom stereocenters. The van der Waals surface area contributed by atoms with E-state index in [4.69, 9.17) is 18.9 Å². The van der Waals surface area contributed by atoms with Crippen LogP contribution in [0.1, 0.15) is 24.0 Å². The predicted octanol–water partition coefficient (Wildman–Crippen LogP) is 0.280. The summed E-state index contributed by atoms with van der Waals surface area (Å²) in [6.07, 6.45) is -10.2. The van der Waals surface area contributed by atoms with E-state index in [2.05, 4.69) is 5.32 Å². The molecule has 5 rings (SSSR count). The van der Waals surface area contributed by atoms with E-state index in [-0.39, 0.29) is 18.9 Å². The van der Waals surface area contributed by atoms with Gasteiger partial charge in [-0.3, -0.25) is 0 Å². The molecular weight excluding hydrogens is 548 g/mol. The van der Waals surface area contributed by atoms with Gasteiger partial charge in [-0.05, 0) is 73.2 Å². The zero-order valence-corrected chi connectivity index (χ0v) is 21.9. The minimum Gasteiger partial charge on any atom is -0.487 e. The van der Waals surface area contributed by atoms with Crippen LogP contribution in [0.2, 0.25) is 0 Å². The Bertz CT molecular complexity index is 1230. The average molecular weight is 582 g/mol. The highest BCUT2D eigenvalue weighted by atomic mass is 19.1. The molecule has 0 spiro atoms. The van der Waals surface area contributed by atoms with E-state index in [9.17, 15) is 39.1 Å². The molecule has 11 nitrogen and oxygen atoms in total. The van der Waals surface area contributed by atoms with Gasteiger partial charge in [0.05, 0.1) is 0 Å². The molecule has 0 saturated carbocycles. The molecule has 6 N–H and O–H groups in total. The van der Waals surface area contributed by atoms with Gasteiger partial charge in [-0.15, -0.1) is 0 Å². The van der Waals surface area contributed by atoms with Crippen LogP contribution in [-0.2, 0) is 27.1 Å². The first-order chi connectivity index (χ1) is 19.6. The standard InChI is InChI=1S/C28H33F2NO10/c29-15-3-7-18-13(9-15)1-5-20(38-18)17(32)11-31-12-22(21-6-2-14-10-16(30)4-8-19(14)39-21)40-28-25(35)23(33)24(34)26(41-28)27(36)37/h3-4,7-10,17,20-26,28,31-35H,1-2,5-6,11-12H2,(H,36,37)/t17?,20?,21?,22?,23-,24-,25+,26-,28+/m0/s1. The van der Waals surface area contributed by atoms with Crippen LogP contribution >= 0.6 is 0 Å². The lowest BCUT2D eigenvalue weighted by Gasteiger charge is -2.41. The topological polar surface area (TPSA) is 167 Å². The molecule has 224 valence electrons. The van der Waals surface area contributed by atoms with Crippen LogP contribution in [-0.4, -0.2) is 99.7 Å². The quantitative estimate of drug-likeness (QED) is 0.241. The van der Waals surface area contributed by atoms with Crippen molar-refractivity contribution in [2.24, 2.45) is 0 Å². The highest BCUT2D eigenvalue weighted by Gasteiger charge is 2.49. The number of hydrogen-bond acceptors (Lipinski definition) is 10. The maximum atomic E-state index is 13.7. The summed E-state index contributed by atoms with van der Waals surface area (Å²) in [6, 6.07) is 8.33. The van der Waals surface area contributed by atoms with Gasteiger partial charge in [0, 0.05) is 13.1 Å². The van der Waals surface area contributed by atoms with Gasteiger partial charge in [-0.1, -0.05) is 0 Å². The van der Waals surface area contributed by atoms with Crippen LogP contribution in [0, 0.1) is 11.6 Å². The third-order valence-corrected chi connectivity index (χ3v) is 7.66. The summed E-state index contributed by atoms with van der Waals surface area (Å²) in [4.78, 5) is 11.5. The summed E-state index contributed by atoms with van der Waals surface area (Å²) in [6.45, 7) is 0.0957. The largest absolute Gasteiger partial charge is 0.487 e. The molecule has 3 aliphatic heterocycles. The Kier molecular flexibility index (Phi) is 9.04.